The molecule has 1 aromatic heterocycles. The van der Waals surface area contributed by atoms with Crippen molar-refractivity contribution in [1.82, 2.24) is 4.98 Å². The Kier molecular flexibility index (Phi) is 5.71. The smallest absolute Gasteiger partial charge is 0.258 e. The molecular weight excluding hydrogens is 458 g/mol. The van der Waals surface area contributed by atoms with Gasteiger partial charge in [0, 0.05) is 28.9 Å². The van der Waals surface area contributed by atoms with Crippen molar-refractivity contribution in [2.24, 2.45) is 11.7 Å². The van der Waals surface area contributed by atoms with Crippen LogP contribution in [0.2, 0.25) is 0 Å². The van der Waals surface area contributed by atoms with E-state index >= 15 is 0 Å². The van der Waals surface area contributed by atoms with Gasteiger partial charge in [0.2, 0.25) is 0 Å². The van der Waals surface area contributed by atoms with E-state index in [0.717, 1.165) is 75.8 Å². The van der Waals surface area contributed by atoms with Crippen LogP contribution in [0.1, 0.15) is 63.7 Å². The fourth-order valence-electron chi connectivity index (χ4n) is 5.91. The van der Waals surface area contributed by atoms with Gasteiger partial charge >= 0.3 is 0 Å². The van der Waals surface area contributed by atoms with Crippen molar-refractivity contribution < 1.29 is 9.59 Å². The van der Waals surface area contributed by atoms with Crippen LogP contribution in [-0.4, -0.2) is 23.3 Å². The quantitative estimate of drug-likeness (QED) is 0.337. The number of primary amides is 1. The third-order valence-electron chi connectivity index (χ3n) is 8.06. The van der Waals surface area contributed by atoms with E-state index in [1.807, 2.05) is 53.4 Å². The Morgan fingerprint density at radius 3 is 2.59 bits per heavy atom. The van der Waals surface area contributed by atoms with Crippen LogP contribution in [0.3, 0.4) is 0 Å². The fourth-order valence-corrected chi connectivity index (χ4v) is 5.91. The zero-order valence-corrected chi connectivity index (χ0v) is 21.3. The summed E-state index contributed by atoms with van der Waals surface area (Å²) in [6, 6.07) is 19.9. The second kappa shape index (κ2) is 9.07. The summed E-state index contributed by atoms with van der Waals surface area (Å²) in [6.45, 7) is 5.01. The number of nitrogens with two attached hydrogens (primary N) is 1. The molecule has 0 radical (unpaired) electrons. The minimum Gasteiger partial charge on any atom is -0.366 e. The normalized spacial score (nSPS) is 17.6. The lowest BCUT2D eigenvalue weighted by Crippen LogP contribution is -2.38. The molecule has 1 unspecified atom stereocenters. The molecule has 3 N–H and O–H groups in total. The van der Waals surface area contributed by atoms with Crippen LogP contribution in [-0.2, 0) is 6.42 Å². The van der Waals surface area contributed by atoms with E-state index in [0.29, 0.717) is 18.0 Å². The Hall–Kier alpha value is -4.12. The molecule has 186 valence electrons. The number of fused-ring (bicyclic) bond motifs is 2. The number of aromatic amines is 1. The second-order valence-electron chi connectivity index (χ2n) is 10.4. The van der Waals surface area contributed by atoms with Gasteiger partial charge in [-0.25, -0.2) is 0 Å². The zero-order valence-electron chi connectivity index (χ0n) is 21.3. The molecule has 37 heavy (non-hydrogen) atoms. The fraction of sp³-hybridized carbons (Fsp3) is 0.250. The maximum Gasteiger partial charge on any atom is 0.258 e. The second-order valence-corrected chi connectivity index (χ2v) is 10.4. The number of hydrogen-bond donors (Lipinski definition) is 2. The van der Waals surface area contributed by atoms with Crippen LogP contribution < -0.4 is 10.6 Å². The average molecular weight is 490 g/mol. The van der Waals surface area contributed by atoms with Gasteiger partial charge in [0.25, 0.3) is 11.8 Å². The van der Waals surface area contributed by atoms with Crippen LogP contribution in [0.4, 0.5) is 5.69 Å². The van der Waals surface area contributed by atoms with Gasteiger partial charge in [-0.15, -0.1) is 0 Å². The highest BCUT2D eigenvalue weighted by Gasteiger charge is 2.27. The van der Waals surface area contributed by atoms with Gasteiger partial charge in [0.15, 0.2) is 0 Å². The van der Waals surface area contributed by atoms with Gasteiger partial charge in [0.05, 0.1) is 11.1 Å². The minimum atomic E-state index is -0.445. The number of H-pyrrole nitrogens is 1. The van der Waals surface area contributed by atoms with Crippen molar-refractivity contribution in [3.8, 4) is 11.1 Å². The van der Waals surface area contributed by atoms with Crippen LogP contribution in [0.15, 0.2) is 66.7 Å². The standard InChI is InChI=1S/C32H31N3O2/c1-19-10-12-22(13-11-19)28-18-27-25(14-15-26(31(33)36)30(27)34-28)23-8-5-9-29(20(23)2)35-17-16-21-6-3-4-7-24(21)32(35)37/h3-9,12,14-15,18-19,34H,10-11,13,16-17H2,1-2H3,(H2,33,36). The molecule has 2 aliphatic rings. The predicted octanol–water partition coefficient (Wildman–Crippen LogP) is 6.65. The van der Waals surface area contributed by atoms with E-state index in [9.17, 15) is 9.59 Å². The lowest BCUT2D eigenvalue weighted by Gasteiger charge is -2.30. The molecule has 1 aliphatic carbocycles. The first-order valence-corrected chi connectivity index (χ1v) is 13.1. The number of nitrogens with one attached hydrogen (secondary N) is 1. The summed E-state index contributed by atoms with van der Waals surface area (Å²) in [4.78, 5) is 31.1. The maximum absolute atomic E-state index is 13.4. The number of anilines is 1. The largest absolute Gasteiger partial charge is 0.366 e. The molecule has 5 nitrogen and oxygen atoms in total. The number of aromatic nitrogens is 1. The summed E-state index contributed by atoms with van der Waals surface area (Å²) in [5.74, 6) is 0.290. The number of allylic oxidation sites excluding steroid dienone is 2. The van der Waals surface area contributed by atoms with Crippen molar-refractivity contribution in [2.75, 3.05) is 11.4 Å². The third-order valence-corrected chi connectivity index (χ3v) is 8.06. The summed E-state index contributed by atoms with van der Waals surface area (Å²) in [5, 5.41) is 0.974. The van der Waals surface area contributed by atoms with Crippen LogP contribution in [0.25, 0.3) is 27.6 Å². The molecule has 4 aromatic rings. The summed E-state index contributed by atoms with van der Waals surface area (Å²) in [6.07, 6.45) is 6.38. The average Bonchev–Trinajstić information content (AvgIpc) is 3.35. The number of carbonyl (C=O) groups is 2. The SMILES string of the molecule is Cc1c(-c2ccc(C(N)=O)c3[nH]c(C4=CCC(C)CC4)cc23)cccc1N1CCc2ccccc2C1=O. The van der Waals surface area contributed by atoms with Gasteiger partial charge in [-0.2, -0.15) is 0 Å². The lowest BCUT2D eigenvalue weighted by atomic mass is 9.89. The monoisotopic (exact) mass is 489 g/mol. The Bertz CT molecular complexity index is 1590. The molecule has 0 saturated carbocycles. The molecule has 2 amide bonds. The van der Waals surface area contributed by atoms with Crippen molar-refractivity contribution in [1.29, 1.82) is 0 Å². The molecule has 0 fully saturated rings. The topological polar surface area (TPSA) is 79.2 Å². The number of carbonyl (C=O) groups excluding carboxylic acids is 2. The van der Waals surface area contributed by atoms with Gasteiger partial charge in [0.1, 0.15) is 0 Å². The van der Waals surface area contributed by atoms with Crippen molar-refractivity contribution in [3.05, 3.63) is 94.7 Å². The predicted molar refractivity (Wildman–Crippen MR) is 150 cm³/mol. The number of hydrogen-bond acceptors (Lipinski definition) is 2. The molecule has 6 rings (SSSR count). The van der Waals surface area contributed by atoms with Gasteiger partial charge in [-0.05, 0) is 90.6 Å². The molecule has 1 aliphatic heterocycles. The van der Waals surface area contributed by atoms with E-state index in [1.54, 1.807) is 0 Å². The lowest BCUT2D eigenvalue weighted by molar-refractivity contribution is 0.0977. The molecule has 1 atom stereocenters. The maximum atomic E-state index is 13.4. The summed E-state index contributed by atoms with van der Waals surface area (Å²) < 4.78 is 0. The number of rotatable bonds is 4. The highest BCUT2D eigenvalue weighted by Crippen LogP contribution is 2.39. The van der Waals surface area contributed by atoms with Gasteiger partial charge in [-0.3, -0.25) is 9.59 Å². The van der Waals surface area contributed by atoms with Crippen LogP contribution >= 0.6 is 0 Å². The molecule has 0 spiro atoms. The zero-order chi connectivity index (χ0) is 25.7. The molecule has 0 bridgehead atoms. The Morgan fingerprint density at radius 2 is 1.81 bits per heavy atom. The highest BCUT2D eigenvalue weighted by atomic mass is 16.2. The first-order chi connectivity index (χ1) is 17.9. The Morgan fingerprint density at radius 1 is 1.00 bits per heavy atom. The molecular formula is C32H31N3O2. The van der Waals surface area contributed by atoms with Crippen LogP contribution in [0.5, 0.6) is 0 Å². The molecule has 2 heterocycles. The third kappa shape index (κ3) is 3.95. The van der Waals surface area contributed by atoms with E-state index in [4.69, 9.17) is 5.73 Å². The Balaban J connectivity index is 1.47. The number of amides is 2. The summed E-state index contributed by atoms with van der Waals surface area (Å²) in [5.41, 5.74) is 15.3. The molecule has 5 heteroatoms. The van der Waals surface area contributed by atoms with E-state index in [1.165, 1.54) is 5.57 Å². The summed E-state index contributed by atoms with van der Waals surface area (Å²) in [7, 11) is 0. The van der Waals surface area contributed by atoms with E-state index in [-0.39, 0.29) is 5.91 Å². The van der Waals surface area contributed by atoms with Gasteiger partial charge < -0.3 is 15.6 Å². The number of benzene rings is 3. The van der Waals surface area contributed by atoms with Crippen LogP contribution in [0, 0.1) is 12.8 Å². The van der Waals surface area contributed by atoms with Gasteiger partial charge in [-0.1, -0.05) is 49.4 Å². The van der Waals surface area contributed by atoms with Crippen molar-refractivity contribution in [3.63, 3.8) is 0 Å². The Labute approximate surface area is 217 Å². The molecule has 0 saturated heterocycles. The van der Waals surface area contributed by atoms with E-state index < -0.39 is 5.91 Å². The van der Waals surface area contributed by atoms with Crippen molar-refractivity contribution >= 4 is 34.0 Å². The first-order valence-electron chi connectivity index (χ1n) is 13.1. The highest BCUT2D eigenvalue weighted by molar-refractivity contribution is 6.12. The number of nitrogens with zero attached hydrogens (tertiary/aromatic N) is 1. The minimum absolute atomic E-state index is 0.0405. The van der Waals surface area contributed by atoms with E-state index in [2.05, 4.69) is 37.0 Å². The van der Waals surface area contributed by atoms with Crippen molar-refractivity contribution in [2.45, 2.75) is 39.5 Å². The first kappa shape index (κ1) is 23.3. The molecule has 3 aromatic carbocycles. The summed E-state index contributed by atoms with van der Waals surface area (Å²) >= 11 is 0.